The molecule has 3 rings (SSSR count). The average Bonchev–Trinajstić information content (AvgIpc) is 2.99. The molecule has 1 aromatic carbocycles. The number of alkyl halides is 5. The van der Waals surface area contributed by atoms with Crippen molar-refractivity contribution in [3.63, 3.8) is 0 Å². The molecule has 2 aromatic heterocycles. The van der Waals surface area contributed by atoms with Crippen LogP contribution in [0.2, 0.25) is 0 Å². The van der Waals surface area contributed by atoms with E-state index in [1.54, 1.807) is 0 Å². The summed E-state index contributed by atoms with van der Waals surface area (Å²) in [6.45, 7) is 2.60. The van der Waals surface area contributed by atoms with Crippen molar-refractivity contribution in [2.75, 3.05) is 6.61 Å². The van der Waals surface area contributed by atoms with E-state index in [4.69, 9.17) is 0 Å². The molecule has 11 heteroatoms. The minimum atomic E-state index is -4.81. The Labute approximate surface area is 149 Å². The summed E-state index contributed by atoms with van der Waals surface area (Å²) in [4.78, 5) is 4.09. The van der Waals surface area contributed by atoms with Crippen LogP contribution in [0.25, 0.3) is 16.9 Å². The summed E-state index contributed by atoms with van der Waals surface area (Å²) in [7, 11) is 0. The molecule has 0 aliphatic rings. The first kappa shape index (κ1) is 19.0. The van der Waals surface area contributed by atoms with Crippen LogP contribution in [0.5, 0.6) is 5.75 Å². The zero-order valence-corrected chi connectivity index (χ0v) is 14.1. The minimum absolute atomic E-state index is 0.0712. The third kappa shape index (κ3) is 3.97. The Morgan fingerprint density at radius 3 is 2.48 bits per heavy atom. The zero-order chi connectivity index (χ0) is 19.8. The number of benzene rings is 1. The molecule has 3 aromatic rings. The first-order chi connectivity index (χ1) is 12.6. The van der Waals surface area contributed by atoms with Crippen LogP contribution < -0.4 is 4.74 Å². The van der Waals surface area contributed by atoms with Crippen LogP contribution >= 0.6 is 0 Å². The maximum absolute atomic E-state index is 14.0. The molecule has 0 saturated carbocycles. The number of nitrogens with zero attached hydrogens (tertiary/aromatic N) is 4. The molecule has 2 heterocycles. The lowest BCUT2D eigenvalue weighted by atomic mass is 10.1. The number of fused-ring (bicyclic) bond motifs is 1. The molecule has 0 saturated heterocycles. The second-order valence-corrected chi connectivity index (χ2v) is 5.50. The topological polar surface area (TPSA) is 61.5 Å². The first-order valence-electron chi connectivity index (χ1n) is 7.70. The van der Waals surface area contributed by atoms with Gasteiger partial charge in [-0.15, -0.1) is 23.4 Å². The van der Waals surface area contributed by atoms with Gasteiger partial charge in [0.2, 0.25) is 5.82 Å². The van der Waals surface area contributed by atoms with E-state index in [9.17, 15) is 22.0 Å². The number of hydrogen-bond donors (Lipinski definition) is 0. The van der Waals surface area contributed by atoms with Gasteiger partial charge in [-0.25, -0.2) is 0 Å². The zero-order valence-electron chi connectivity index (χ0n) is 14.1. The monoisotopic (exact) mass is 388 g/mol. The predicted octanol–water partition coefficient (Wildman–Crippen LogP) is 4.08. The van der Waals surface area contributed by atoms with Gasteiger partial charge in [0.1, 0.15) is 5.75 Å². The molecule has 0 fully saturated rings. The van der Waals surface area contributed by atoms with Crippen LogP contribution in [0, 0.1) is 6.92 Å². The average molecular weight is 388 g/mol. The molecule has 0 aliphatic carbocycles. The van der Waals surface area contributed by atoms with Crippen molar-refractivity contribution in [2.24, 2.45) is 0 Å². The minimum Gasteiger partial charge on any atom is -0.406 e. The molecule has 144 valence electrons. The molecule has 0 amide bonds. The molecular weight excluding hydrogens is 375 g/mol. The van der Waals surface area contributed by atoms with E-state index in [1.807, 2.05) is 0 Å². The predicted molar refractivity (Wildman–Crippen MR) is 83.2 cm³/mol. The van der Waals surface area contributed by atoms with Gasteiger partial charge in [0.25, 0.3) is 0 Å². The van der Waals surface area contributed by atoms with Crippen molar-refractivity contribution in [1.82, 2.24) is 19.6 Å². The summed E-state index contributed by atoms with van der Waals surface area (Å²) in [5.74, 6) is -1.09. The normalized spacial score (nSPS) is 12.6. The van der Waals surface area contributed by atoms with E-state index in [2.05, 4.69) is 24.7 Å². The molecule has 0 bridgehead atoms. The largest absolute Gasteiger partial charge is 0.573 e. The molecule has 0 spiro atoms. The second-order valence-electron chi connectivity index (χ2n) is 5.50. The molecule has 0 unspecified atom stereocenters. The molecule has 27 heavy (non-hydrogen) atoms. The fraction of sp³-hybridized carbons (Fsp3) is 0.312. The van der Waals surface area contributed by atoms with Gasteiger partial charge in [-0.1, -0.05) is 0 Å². The van der Waals surface area contributed by atoms with Gasteiger partial charge in [-0.05, 0) is 37.6 Å². The van der Waals surface area contributed by atoms with Gasteiger partial charge in [0.15, 0.2) is 5.65 Å². The van der Waals surface area contributed by atoms with Gasteiger partial charge in [-0.3, -0.25) is 9.38 Å². The van der Waals surface area contributed by atoms with Crippen molar-refractivity contribution in [3.05, 3.63) is 42.0 Å². The number of rotatable bonds is 5. The van der Waals surface area contributed by atoms with E-state index in [-0.39, 0.29) is 29.3 Å². The highest BCUT2D eigenvalue weighted by atomic mass is 19.4. The van der Waals surface area contributed by atoms with Crippen LogP contribution in [-0.4, -0.2) is 32.6 Å². The summed E-state index contributed by atoms with van der Waals surface area (Å²) >= 11 is 0. The standard InChI is InChI=1S/C16H13F5N4O2/c1-3-26-15(17,18)14-24-23-13-7-22-11(8-25(13)14)10-4-5-12(9(2)6-10)27-16(19,20)21/h4-8H,3H2,1-2H3. The highest BCUT2D eigenvalue weighted by Crippen LogP contribution is 2.31. The maximum atomic E-state index is 14.0. The fourth-order valence-electron chi connectivity index (χ4n) is 2.44. The van der Waals surface area contributed by atoms with Gasteiger partial charge >= 0.3 is 12.5 Å². The van der Waals surface area contributed by atoms with E-state index >= 15 is 0 Å². The number of halogens is 5. The first-order valence-corrected chi connectivity index (χ1v) is 7.70. The SMILES string of the molecule is CCOC(F)(F)c1nnc2cnc(-c3ccc(OC(F)(F)F)c(C)c3)cn12. The summed E-state index contributed by atoms with van der Waals surface area (Å²) in [5.41, 5.74) is 0.915. The van der Waals surface area contributed by atoms with Crippen molar-refractivity contribution in [1.29, 1.82) is 0 Å². The molecule has 6 nitrogen and oxygen atoms in total. The third-order valence-electron chi connectivity index (χ3n) is 3.57. The van der Waals surface area contributed by atoms with Gasteiger partial charge in [0, 0.05) is 11.8 Å². The Morgan fingerprint density at radius 1 is 1.11 bits per heavy atom. The van der Waals surface area contributed by atoms with Crippen LogP contribution in [0.1, 0.15) is 18.3 Å². The number of hydrogen-bond acceptors (Lipinski definition) is 5. The van der Waals surface area contributed by atoms with E-state index < -0.39 is 18.3 Å². The van der Waals surface area contributed by atoms with Crippen LogP contribution in [0.3, 0.4) is 0 Å². The number of aryl methyl sites for hydroxylation is 1. The van der Waals surface area contributed by atoms with Crippen LogP contribution in [0.4, 0.5) is 22.0 Å². The van der Waals surface area contributed by atoms with Gasteiger partial charge in [0.05, 0.1) is 18.5 Å². The quantitative estimate of drug-likeness (QED) is 0.617. The number of ether oxygens (including phenoxy) is 2. The molecule has 0 N–H and O–H groups in total. The van der Waals surface area contributed by atoms with Crippen molar-refractivity contribution in [3.8, 4) is 17.0 Å². The van der Waals surface area contributed by atoms with Crippen molar-refractivity contribution >= 4 is 5.65 Å². The lowest BCUT2D eigenvalue weighted by Gasteiger charge is -2.14. The van der Waals surface area contributed by atoms with Gasteiger partial charge in [-0.2, -0.15) is 8.78 Å². The summed E-state index contributed by atoms with van der Waals surface area (Å²) < 4.78 is 74.5. The Kier molecular flexibility index (Phi) is 4.72. The lowest BCUT2D eigenvalue weighted by Crippen LogP contribution is -2.21. The number of aromatic nitrogens is 4. The van der Waals surface area contributed by atoms with E-state index in [1.165, 1.54) is 38.4 Å². The maximum Gasteiger partial charge on any atom is 0.573 e. The smallest absolute Gasteiger partial charge is 0.406 e. The highest BCUT2D eigenvalue weighted by Gasteiger charge is 2.38. The molecule has 0 atom stereocenters. The molecule has 0 aliphatic heterocycles. The summed E-state index contributed by atoms with van der Waals surface area (Å²) in [6.07, 6.45) is -5.99. The Morgan fingerprint density at radius 2 is 1.85 bits per heavy atom. The third-order valence-corrected chi connectivity index (χ3v) is 3.57. The van der Waals surface area contributed by atoms with Crippen LogP contribution in [-0.2, 0) is 10.8 Å². The van der Waals surface area contributed by atoms with Crippen molar-refractivity contribution < 1.29 is 31.4 Å². The Bertz CT molecular complexity index is 971. The highest BCUT2D eigenvalue weighted by molar-refractivity contribution is 5.62. The Balaban J connectivity index is 2.01. The summed E-state index contributed by atoms with van der Waals surface area (Å²) in [5, 5.41) is 7.06. The van der Waals surface area contributed by atoms with E-state index in [0.29, 0.717) is 5.56 Å². The molecule has 0 radical (unpaired) electrons. The summed E-state index contributed by atoms with van der Waals surface area (Å²) in [6, 6.07) is 3.87. The molecular formula is C16H13F5N4O2. The second kappa shape index (κ2) is 6.72. The van der Waals surface area contributed by atoms with Crippen molar-refractivity contribution in [2.45, 2.75) is 26.3 Å². The van der Waals surface area contributed by atoms with E-state index in [0.717, 1.165) is 10.5 Å². The fourth-order valence-corrected chi connectivity index (χ4v) is 2.44. The van der Waals surface area contributed by atoms with Crippen LogP contribution in [0.15, 0.2) is 30.6 Å². The Hall–Kier alpha value is -2.82. The van der Waals surface area contributed by atoms with Gasteiger partial charge < -0.3 is 9.47 Å². The lowest BCUT2D eigenvalue weighted by molar-refractivity contribution is -0.274.